The van der Waals surface area contributed by atoms with Gasteiger partial charge in [0.15, 0.2) is 0 Å². The molecule has 1 N–H and O–H groups in total. The molecule has 18 heavy (non-hydrogen) atoms. The van der Waals surface area contributed by atoms with Crippen LogP contribution in [0, 0.1) is 0 Å². The lowest BCUT2D eigenvalue weighted by molar-refractivity contribution is -0.145. The fourth-order valence-corrected chi connectivity index (χ4v) is 2.30. The minimum Gasteiger partial charge on any atom is -0.345 e. The van der Waals surface area contributed by atoms with Crippen molar-refractivity contribution in [2.24, 2.45) is 0 Å². The molecule has 1 heterocycles. The number of nitrogens with one attached hydrogen (secondary N) is 1. The molecule has 1 aliphatic heterocycles. The average molecular weight is 287 g/mol. The highest BCUT2D eigenvalue weighted by Gasteiger charge is 2.31. The maximum absolute atomic E-state index is 11.8. The van der Waals surface area contributed by atoms with Gasteiger partial charge < -0.3 is 10.2 Å². The van der Waals surface area contributed by atoms with E-state index in [-0.39, 0.29) is 18.4 Å². The zero-order valence-electron chi connectivity index (χ0n) is 9.74. The van der Waals surface area contributed by atoms with Crippen LogP contribution in [0.3, 0.4) is 0 Å². The number of carbonyl (C=O) groups excluding carboxylic acids is 2. The lowest BCUT2D eigenvalue weighted by atomic mass is 10.1. The standard InChI is InChI=1S/C12H12Cl2N2O2/c1-7-12(18)15-5-11(17)16(7)6-8-2-3-9(13)4-10(8)14/h2-4,7H,5-6H2,1H3,(H,15,18). The lowest BCUT2D eigenvalue weighted by Gasteiger charge is -2.33. The lowest BCUT2D eigenvalue weighted by Crippen LogP contribution is -2.56. The van der Waals surface area contributed by atoms with E-state index < -0.39 is 6.04 Å². The molecule has 1 atom stereocenters. The summed E-state index contributed by atoms with van der Waals surface area (Å²) in [6.07, 6.45) is 0. The van der Waals surface area contributed by atoms with Crippen molar-refractivity contribution in [3.8, 4) is 0 Å². The third kappa shape index (κ3) is 2.60. The Morgan fingerprint density at radius 2 is 2.11 bits per heavy atom. The first-order valence-corrected chi connectivity index (χ1v) is 6.25. The van der Waals surface area contributed by atoms with Gasteiger partial charge in [0.1, 0.15) is 6.04 Å². The molecule has 1 aromatic rings. The smallest absolute Gasteiger partial charge is 0.242 e. The predicted octanol–water partition coefficient (Wildman–Crippen LogP) is 1.84. The van der Waals surface area contributed by atoms with E-state index in [0.717, 1.165) is 5.56 Å². The number of benzene rings is 1. The Bertz CT molecular complexity index is 505. The second-order valence-corrected chi connectivity index (χ2v) is 4.99. The first kappa shape index (κ1) is 13.2. The number of amides is 2. The van der Waals surface area contributed by atoms with Crippen LogP contribution in [0.5, 0.6) is 0 Å². The number of carbonyl (C=O) groups is 2. The molecule has 1 aliphatic rings. The zero-order valence-corrected chi connectivity index (χ0v) is 11.3. The molecule has 0 spiro atoms. The highest BCUT2D eigenvalue weighted by atomic mass is 35.5. The molecule has 0 aliphatic carbocycles. The Balaban J connectivity index is 2.21. The van der Waals surface area contributed by atoms with Crippen molar-refractivity contribution in [3.05, 3.63) is 33.8 Å². The number of nitrogens with zero attached hydrogens (tertiary/aromatic N) is 1. The van der Waals surface area contributed by atoms with Crippen LogP contribution in [0.2, 0.25) is 10.0 Å². The molecule has 96 valence electrons. The summed E-state index contributed by atoms with van der Waals surface area (Å²) in [5, 5.41) is 3.57. The monoisotopic (exact) mass is 286 g/mol. The minimum absolute atomic E-state index is 0.0361. The van der Waals surface area contributed by atoms with E-state index in [1.165, 1.54) is 4.90 Å². The van der Waals surface area contributed by atoms with E-state index in [1.807, 2.05) is 0 Å². The topological polar surface area (TPSA) is 49.4 Å². The Kier molecular flexibility index (Phi) is 3.78. The van der Waals surface area contributed by atoms with Crippen LogP contribution in [0.4, 0.5) is 0 Å². The fraction of sp³-hybridized carbons (Fsp3) is 0.333. The fourth-order valence-electron chi connectivity index (χ4n) is 1.83. The van der Waals surface area contributed by atoms with Gasteiger partial charge in [-0.1, -0.05) is 29.3 Å². The summed E-state index contributed by atoms with van der Waals surface area (Å²) in [5.74, 6) is -0.271. The number of rotatable bonds is 2. The van der Waals surface area contributed by atoms with Gasteiger partial charge in [-0.05, 0) is 24.6 Å². The minimum atomic E-state index is -0.488. The number of hydrogen-bond donors (Lipinski definition) is 1. The van der Waals surface area contributed by atoms with Crippen molar-refractivity contribution in [1.82, 2.24) is 10.2 Å². The molecule has 1 fully saturated rings. The Labute approximate surface area is 115 Å². The summed E-state index contributed by atoms with van der Waals surface area (Å²) < 4.78 is 0. The molecular formula is C12H12Cl2N2O2. The summed E-state index contributed by atoms with van der Waals surface area (Å²) >= 11 is 11.9. The van der Waals surface area contributed by atoms with Crippen LogP contribution < -0.4 is 5.32 Å². The first-order chi connectivity index (χ1) is 8.49. The van der Waals surface area contributed by atoms with E-state index in [0.29, 0.717) is 16.6 Å². The average Bonchev–Trinajstić information content (AvgIpc) is 2.32. The molecule has 4 nitrogen and oxygen atoms in total. The van der Waals surface area contributed by atoms with Gasteiger partial charge in [-0.2, -0.15) is 0 Å². The maximum atomic E-state index is 11.8. The number of hydrogen-bond acceptors (Lipinski definition) is 2. The van der Waals surface area contributed by atoms with Gasteiger partial charge in [-0.3, -0.25) is 9.59 Å². The summed E-state index contributed by atoms with van der Waals surface area (Å²) in [7, 11) is 0. The molecule has 1 aromatic carbocycles. The zero-order chi connectivity index (χ0) is 13.3. The van der Waals surface area contributed by atoms with Crippen molar-refractivity contribution in [2.75, 3.05) is 6.54 Å². The second-order valence-electron chi connectivity index (χ2n) is 4.15. The van der Waals surface area contributed by atoms with E-state index in [9.17, 15) is 9.59 Å². The summed E-state index contributed by atoms with van der Waals surface area (Å²) in [5.41, 5.74) is 0.774. The summed E-state index contributed by atoms with van der Waals surface area (Å²) in [6, 6.07) is 4.61. The largest absolute Gasteiger partial charge is 0.345 e. The number of piperazine rings is 1. The third-order valence-electron chi connectivity index (χ3n) is 2.94. The molecule has 1 unspecified atom stereocenters. The van der Waals surface area contributed by atoms with Crippen LogP contribution in [-0.4, -0.2) is 29.3 Å². The van der Waals surface area contributed by atoms with Gasteiger partial charge >= 0.3 is 0 Å². The molecule has 0 bridgehead atoms. The van der Waals surface area contributed by atoms with Gasteiger partial charge in [0.05, 0.1) is 6.54 Å². The Morgan fingerprint density at radius 1 is 1.39 bits per heavy atom. The molecule has 6 heteroatoms. The van der Waals surface area contributed by atoms with E-state index >= 15 is 0 Å². The molecule has 2 amide bonds. The molecule has 0 radical (unpaired) electrons. The van der Waals surface area contributed by atoms with Gasteiger partial charge in [-0.15, -0.1) is 0 Å². The van der Waals surface area contributed by atoms with Crippen LogP contribution in [0.25, 0.3) is 0 Å². The highest BCUT2D eigenvalue weighted by molar-refractivity contribution is 6.35. The van der Waals surface area contributed by atoms with Crippen molar-refractivity contribution >= 4 is 35.0 Å². The van der Waals surface area contributed by atoms with Crippen LogP contribution in [-0.2, 0) is 16.1 Å². The highest BCUT2D eigenvalue weighted by Crippen LogP contribution is 2.23. The third-order valence-corrected chi connectivity index (χ3v) is 3.52. The first-order valence-electron chi connectivity index (χ1n) is 5.50. The van der Waals surface area contributed by atoms with E-state index in [2.05, 4.69) is 5.32 Å². The molecule has 0 aromatic heterocycles. The normalized spacial score (nSPS) is 19.9. The van der Waals surface area contributed by atoms with Gasteiger partial charge in [0.25, 0.3) is 0 Å². The molecule has 0 saturated carbocycles. The van der Waals surface area contributed by atoms with Crippen molar-refractivity contribution in [2.45, 2.75) is 19.5 Å². The quantitative estimate of drug-likeness (QED) is 0.902. The second kappa shape index (κ2) is 5.16. The van der Waals surface area contributed by atoms with Crippen LogP contribution >= 0.6 is 23.2 Å². The molecule has 2 rings (SSSR count). The van der Waals surface area contributed by atoms with Crippen molar-refractivity contribution < 1.29 is 9.59 Å². The molecule has 1 saturated heterocycles. The summed E-state index contributed by atoms with van der Waals surface area (Å²) in [6.45, 7) is 2.04. The van der Waals surface area contributed by atoms with Gasteiger partial charge in [0, 0.05) is 16.6 Å². The van der Waals surface area contributed by atoms with Crippen molar-refractivity contribution in [3.63, 3.8) is 0 Å². The Morgan fingerprint density at radius 3 is 2.78 bits per heavy atom. The van der Waals surface area contributed by atoms with Crippen molar-refractivity contribution in [1.29, 1.82) is 0 Å². The number of halogens is 2. The van der Waals surface area contributed by atoms with Crippen LogP contribution in [0.1, 0.15) is 12.5 Å². The Hall–Kier alpha value is -1.26. The van der Waals surface area contributed by atoms with Crippen LogP contribution in [0.15, 0.2) is 18.2 Å². The maximum Gasteiger partial charge on any atom is 0.242 e. The molecular weight excluding hydrogens is 275 g/mol. The van der Waals surface area contributed by atoms with E-state index in [4.69, 9.17) is 23.2 Å². The van der Waals surface area contributed by atoms with Gasteiger partial charge in [-0.25, -0.2) is 0 Å². The van der Waals surface area contributed by atoms with E-state index in [1.54, 1.807) is 25.1 Å². The SMILES string of the molecule is CC1C(=O)NCC(=O)N1Cc1ccc(Cl)cc1Cl. The summed E-state index contributed by atoms with van der Waals surface area (Å²) in [4.78, 5) is 24.8. The van der Waals surface area contributed by atoms with Gasteiger partial charge in [0.2, 0.25) is 11.8 Å². The predicted molar refractivity (Wildman–Crippen MR) is 69.5 cm³/mol.